The minimum Gasteiger partial charge on any atom is -0.465 e. The lowest BCUT2D eigenvalue weighted by Crippen LogP contribution is -2.14. The van der Waals surface area contributed by atoms with Gasteiger partial charge in [-0.25, -0.2) is 14.8 Å². The molecule has 2 rings (SSSR count). The number of hydrogen-bond acceptors (Lipinski definition) is 7. The highest BCUT2D eigenvalue weighted by Crippen LogP contribution is 2.26. The summed E-state index contributed by atoms with van der Waals surface area (Å²) in [6.07, 6.45) is 4.64. The first-order chi connectivity index (χ1) is 10.4. The summed E-state index contributed by atoms with van der Waals surface area (Å²) in [7, 11) is 3.02. The molecule has 0 fully saturated rings. The maximum atomic E-state index is 11.4. The third kappa shape index (κ3) is 3.03. The van der Waals surface area contributed by atoms with Gasteiger partial charge in [-0.1, -0.05) is 0 Å². The summed E-state index contributed by atoms with van der Waals surface area (Å²) >= 11 is 0. The average Bonchev–Trinajstić information content (AvgIpc) is 2.92. The van der Waals surface area contributed by atoms with Crippen molar-refractivity contribution in [2.45, 2.75) is 13.0 Å². The number of esters is 1. The Balaban J connectivity index is 2.32. The number of nitro groups is 1. The fourth-order valence-corrected chi connectivity index (χ4v) is 2.00. The Morgan fingerprint density at radius 2 is 2.23 bits per heavy atom. The van der Waals surface area contributed by atoms with Gasteiger partial charge in [0.15, 0.2) is 0 Å². The molecule has 0 aliphatic heterocycles. The van der Waals surface area contributed by atoms with Gasteiger partial charge < -0.3 is 14.6 Å². The molecule has 0 radical (unpaired) electrons. The van der Waals surface area contributed by atoms with Gasteiger partial charge in [0.1, 0.15) is 5.82 Å². The number of carbonyl (C=O) groups is 1. The van der Waals surface area contributed by atoms with Gasteiger partial charge in [-0.2, -0.15) is 0 Å². The molecular formula is C13H15N5O4. The van der Waals surface area contributed by atoms with Crippen molar-refractivity contribution in [2.75, 3.05) is 12.4 Å². The van der Waals surface area contributed by atoms with Gasteiger partial charge in [-0.15, -0.1) is 0 Å². The van der Waals surface area contributed by atoms with Crippen molar-refractivity contribution in [1.29, 1.82) is 0 Å². The highest BCUT2D eigenvalue weighted by Gasteiger charge is 2.22. The summed E-state index contributed by atoms with van der Waals surface area (Å²) in [4.78, 5) is 30.1. The van der Waals surface area contributed by atoms with E-state index >= 15 is 0 Å². The fraction of sp³-hybridized carbons (Fsp3) is 0.308. The second kappa shape index (κ2) is 6.20. The lowest BCUT2D eigenvalue weighted by molar-refractivity contribution is -0.384. The van der Waals surface area contributed by atoms with Crippen molar-refractivity contribution in [3.63, 3.8) is 0 Å². The minimum absolute atomic E-state index is 0.0180. The fourth-order valence-electron chi connectivity index (χ4n) is 2.00. The number of aromatic nitrogens is 3. The Kier molecular flexibility index (Phi) is 4.35. The molecule has 0 unspecified atom stereocenters. The van der Waals surface area contributed by atoms with E-state index < -0.39 is 10.9 Å². The predicted octanol–water partition coefficient (Wildman–Crippen LogP) is 1.68. The highest BCUT2D eigenvalue weighted by atomic mass is 16.6. The number of ether oxygens (including phenoxy) is 1. The van der Waals surface area contributed by atoms with E-state index in [1.165, 1.54) is 13.3 Å². The third-order valence-corrected chi connectivity index (χ3v) is 3.08. The number of imidazole rings is 1. The molecule has 2 aromatic heterocycles. The summed E-state index contributed by atoms with van der Waals surface area (Å²) < 4.78 is 6.33. The van der Waals surface area contributed by atoms with Gasteiger partial charge in [0, 0.05) is 31.7 Å². The normalized spacial score (nSPS) is 11.8. The van der Waals surface area contributed by atoms with Gasteiger partial charge in [0.05, 0.1) is 23.6 Å². The molecule has 9 heteroatoms. The van der Waals surface area contributed by atoms with Crippen LogP contribution in [0.15, 0.2) is 24.7 Å². The highest BCUT2D eigenvalue weighted by molar-refractivity contribution is 5.90. The van der Waals surface area contributed by atoms with Crippen molar-refractivity contribution in [3.8, 4) is 0 Å². The van der Waals surface area contributed by atoms with Gasteiger partial charge in [0.25, 0.3) is 0 Å². The zero-order valence-electron chi connectivity index (χ0n) is 12.3. The number of aryl methyl sites for hydroxylation is 1. The van der Waals surface area contributed by atoms with Gasteiger partial charge in [-0.05, 0) is 6.92 Å². The number of methoxy groups -OCH3 is 1. The van der Waals surface area contributed by atoms with Crippen LogP contribution in [0.25, 0.3) is 0 Å². The monoisotopic (exact) mass is 305 g/mol. The SMILES string of the molecule is COC(=O)c1cnc(N[C@H](C)c2nccn2C)c([N+](=O)[O-])c1. The number of carbonyl (C=O) groups excluding carboxylic acids is 1. The van der Waals surface area contributed by atoms with E-state index in [1.54, 1.807) is 17.0 Å². The van der Waals surface area contributed by atoms with Crippen molar-refractivity contribution >= 4 is 17.5 Å². The van der Waals surface area contributed by atoms with Crippen LogP contribution in [0.3, 0.4) is 0 Å². The summed E-state index contributed by atoms with van der Waals surface area (Å²) in [6, 6.07) is 0.835. The first-order valence-electron chi connectivity index (χ1n) is 6.40. The van der Waals surface area contributed by atoms with Crippen LogP contribution in [0.5, 0.6) is 0 Å². The molecule has 22 heavy (non-hydrogen) atoms. The molecule has 1 N–H and O–H groups in total. The van der Waals surface area contributed by atoms with Gasteiger partial charge in [0.2, 0.25) is 5.82 Å². The Morgan fingerprint density at radius 3 is 2.77 bits per heavy atom. The summed E-state index contributed by atoms with van der Waals surface area (Å²) in [5, 5.41) is 14.1. The quantitative estimate of drug-likeness (QED) is 0.508. The number of rotatable bonds is 5. The summed E-state index contributed by atoms with van der Waals surface area (Å²) in [5.74, 6) is 0.0839. The Hall–Kier alpha value is -2.97. The number of hydrogen-bond donors (Lipinski definition) is 1. The smallest absolute Gasteiger partial charge is 0.339 e. The molecule has 0 saturated carbocycles. The van der Waals surface area contributed by atoms with Crippen LogP contribution < -0.4 is 5.32 Å². The van der Waals surface area contributed by atoms with E-state index in [0.29, 0.717) is 5.82 Å². The zero-order chi connectivity index (χ0) is 16.3. The Morgan fingerprint density at radius 1 is 1.50 bits per heavy atom. The van der Waals surface area contributed by atoms with Crippen molar-refractivity contribution in [2.24, 2.45) is 7.05 Å². The van der Waals surface area contributed by atoms with Crippen LogP contribution in [0.2, 0.25) is 0 Å². The lowest BCUT2D eigenvalue weighted by Gasteiger charge is -2.14. The molecule has 116 valence electrons. The first-order valence-corrected chi connectivity index (χ1v) is 6.40. The maximum Gasteiger partial charge on any atom is 0.339 e. The topological polar surface area (TPSA) is 112 Å². The molecule has 9 nitrogen and oxygen atoms in total. The summed E-state index contributed by atoms with van der Waals surface area (Å²) in [6.45, 7) is 1.81. The molecule has 0 aliphatic rings. The molecule has 2 aromatic rings. The molecule has 1 atom stereocenters. The second-order valence-corrected chi connectivity index (χ2v) is 4.60. The number of anilines is 1. The Labute approximate surface area is 126 Å². The van der Waals surface area contributed by atoms with E-state index in [1.807, 2.05) is 14.0 Å². The lowest BCUT2D eigenvalue weighted by atomic mass is 10.2. The van der Waals surface area contributed by atoms with Crippen LogP contribution in [0.1, 0.15) is 29.1 Å². The van der Waals surface area contributed by atoms with E-state index in [-0.39, 0.29) is 23.1 Å². The van der Waals surface area contributed by atoms with Gasteiger partial charge in [-0.3, -0.25) is 10.1 Å². The number of pyridine rings is 1. The van der Waals surface area contributed by atoms with E-state index in [9.17, 15) is 14.9 Å². The van der Waals surface area contributed by atoms with E-state index in [4.69, 9.17) is 0 Å². The molecule has 0 aromatic carbocycles. The zero-order valence-corrected chi connectivity index (χ0v) is 12.3. The molecule has 0 amide bonds. The minimum atomic E-state index is -0.681. The van der Waals surface area contributed by atoms with E-state index in [0.717, 1.165) is 6.07 Å². The van der Waals surface area contributed by atoms with Crippen molar-refractivity contribution in [3.05, 3.63) is 46.2 Å². The first kappa shape index (κ1) is 15.4. The molecule has 0 spiro atoms. The largest absolute Gasteiger partial charge is 0.465 e. The summed E-state index contributed by atoms with van der Waals surface area (Å²) in [5.41, 5.74) is -0.284. The van der Waals surface area contributed by atoms with Crippen molar-refractivity contribution < 1.29 is 14.5 Å². The van der Waals surface area contributed by atoms with Crippen LogP contribution in [0, 0.1) is 10.1 Å². The van der Waals surface area contributed by atoms with Crippen LogP contribution in [-0.4, -0.2) is 32.5 Å². The maximum absolute atomic E-state index is 11.4. The third-order valence-electron chi connectivity index (χ3n) is 3.08. The predicted molar refractivity (Wildman–Crippen MR) is 77.5 cm³/mol. The molecular weight excluding hydrogens is 290 g/mol. The standard InChI is InChI=1S/C13H15N5O4/c1-8(12-14-4-5-17(12)2)16-11-10(18(20)21)6-9(7-15-11)13(19)22-3/h4-8H,1-3H3,(H,15,16)/t8-/m1/s1. The number of nitrogens with one attached hydrogen (secondary N) is 1. The van der Waals surface area contributed by atoms with Crippen LogP contribution in [-0.2, 0) is 11.8 Å². The van der Waals surface area contributed by atoms with Gasteiger partial charge >= 0.3 is 11.7 Å². The number of nitrogens with zero attached hydrogens (tertiary/aromatic N) is 4. The molecule has 0 aliphatic carbocycles. The molecule has 0 saturated heterocycles. The van der Waals surface area contributed by atoms with Crippen LogP contribution >= 0.6 is 0 Å². The average molecular weight is 305 g/mol. The Bertz CT molecular complexity index is 712. The van der Waals surface area contributed by atoms with Crippen LogP contribution in [0.4, 0.5) is 11.5 Å². The molecule has 2 heterocycles. The molecule has 0 bridgehead atoms. The van der Waals surface area contributed by atoms with E-state index in [2.05, 4.69) is 20.0 Å². The second-order valence-electron chi connectivity index (χ2n) is 4.60. The van der Waals surface area contributed by atoms with Crippen molar-refractivity contribution in [1.82, 2.24) is 14.5 Å².